The zero-order valence-electron chi connectivity index (χ0n) is 6.60. The van der Waals surface area contributed by atoms with Gasteiger partial charge in [0.2, 0.25) is 0 Å². The molecule has 0 rings (SSSR count). The molecule has 12 heavy (non-hydrogen) atoms. The van der Waals surface area contributed by atoms with E-state index in [0.29, 0.717) is 0 Å². The van der Waals surface area contributed by atoms with Crippen molar-refractivity contribution >= 4 is 8.25 Å². The second-order valence-corrected chi connectivity index (χ2v) is 3.28. The van der Waals surface area contributed by atoms with E-state index < -0.39 is 20.6 Å². The van der Waals surface area contributed by atoms with Gasteiger partial charge in [-0.2, -0.15) is 0 Å². The molecule has 0 radical (unpaired) electrons. The van der Waals surface area contributed by atoms with Crippen molar-refractivity contribution in [2.75, 3.05) is 13.2 Å². The Labute approximate surface area is 71.3 Å². The molecule has 0 atom stereocenters. The molecule has 0 amide bonds. The lowest BCUT2D eigenvalue weighted by Gasteiger charge is -2.08. The molecule has 8 N–H and O–H groups in total. The maximum absolute atomic E-state index is 10.8. The molecule has 0 aliphatic heterocycles. The molecule has 7 nitrogen and oxygen atoms in total. The zero-order valence-corrected chi connectivity index (χ0v) is 7.60. The first-order valence-electron chi connectivity index (χ1n) is 3.34. The molecule has 0 aromatic rings. The second-order valence-electron chi connectivity index (χ2n) is 2.20. The van der Waals surface area contributed by atoms with Gasteiger partial charge in [-0.3, -0.25) is 4.57 Å². The van der Waals surface area contributed by atoms with Crippen molar-refractivity contribution in [1.82, 2.24) is 0 Å². The maximum Gasteiger partial charge on any atom is 0.319 e. The summed E-state index contributed by atoms with van der Waals surface area (Å²) in [5.74, 6) is 0. The molecule has 0 aromatic heterocycles. The Morgan fingerprint density at radius 2 is 1.33 bits per heavy atom. The molecule has 0 saturated carbocycles. The molecule has 0 bridgehead atoms. The van der Waals surface area contributed by atoms with Crippen molar-refractivity contribution in [3.05, 3.63) is 0 Å². The summed E-state index contributed by atoms with van der Waals surface area (Å²) in [5.41, 5.74) is 20.5. The minimum atomic E-state index is -2.55. The summed E-state index contributed by atoms with van der Waals surface area (Å²) in [6, 6.07) is 0. The van der Waals surface area contributed by atoms with Crippen LogP contribution in [-0.2, 0) is 13.6 Å². The molecule has 0 unspecified atom stereocenters. The lowest BCUT2D eigenvalue weighted by molar-refractivity contribution is 0.207. The van der Waals surface area contributed by atoms with Crippen LogP contribution in [0.2, 0.25) is 0 Å². The van der Waals surface area contributed by atoms with E-state index in [2.05, 4.69) is 9.05 Å². The van der Waals surface area contributed by atoms with Crippen LogP contribution in [0.15, 0.2) is 0 Å². The molecule has 74 valence electrons. The van der Waals surface area contributed by atoms with Gasteiger partial charge in [-0.15, -0.1) is 0 Å². The van der Waals surface area contributed by atoms with Crippen LogP contribution in [0.4, 0.5) is 0 Å². The molecular formula is C4H15N4O3P. The lowest BCUT2D eigenvalue weighted by atomic mass is 10.6. The van der Waals surface area contributed by atoms with Crippen LogP contribution in [-0.4, -0.2) is 25.5 Å². The molecule has 0 heterocycles. The summed E-state index contributed by atoms with van der Waals surface area (Å²) >= 11 is 0. The van der Waals surface area contributed by atoms with Gasteiger partial charge in [0.1, 0.15) is 0 Å². The van der Waals surface area contributed by atoms with Crippen LogP contribution in [0, 0.1) is 0 Å². The van der Waals surface area contributed by atoms with Gasteiger partial charge in [0.25, 0.3) is 0 Å². The summed E-state index contributed by atoms with van der Waals surface area (Å²) in [7, 11) is -2.55. The van der Waals surface area contributed by atoms with Gasteiger partial charge in [-0.05, 0) is 0 Å². The third-order valence-electron chi connectivity index (χ3n) is 0.787. The fourth-order valence-electron chi connectivity index (χ4n) is 0.370. The third kappa shape index (κ3) is 8.09. The van der Waals surface area contributed by atoms with E-state index in [1.807, 2.05) is 0 Å². The summed E-state index contributed by atoms with van der Waals surface area (Å²) in [6.45, 7) is -0.0325. The first kappa shape index (κ1) is 12.0. The van der Waals surface area contributed by atoms with Crippen molar-refractivity contribution < 1.29 is 13.6 Å². The topological polar surface area (TPSA) is 140 Å². The SMILES string of the molecule is NC(N)CO[PH](=O)OCC(N)N. The van der Waals surface area contributed by atoms with E-state index in [0.717, 1.165) is 0 Å². The molecule has 0 aliphatic rings. The van der Waals surface area contributed by atoms with Crippen molar-refractivity contribution in [1.29, 1.82) is 0 Å². The minimum absolute atomic E-state index is 0.0163. The predicted octanol–water partition coefficient (Wildman–Crippen LogP) is -2.10. The van der Waals surface area contributed by atoms with Gasteiger partial charge in [0.05, 0.1) is 25.5 Å². The highest BCUT2D eigenvalue weighted by molar-refractivity contribution is 7.33. The monoisotopic (exact) mass is 198 g/mol. The molecule has 0 saturated heterocycles. The Hall–Kier alpha value is -0.0100. The number of nitrogens with two attached hydrogens (primary N) is 4. The van der Waals surface area contributed by atoms with Gasteiger partial charge in [-0.1, -0.05) is 0 Å². The zero-order chi connectivity index (χ0) is 9.56. The summed E-state index contributed by atoms with van der Waals surface area (Å²) < 4.78 is 20.0. The Morgan fingerprint density at radius 1 is 1.00 bits per heavy atom. The lowest BCUT2D eigenvalue weighted by Crippen LogP contribution is -2.35. The Balaban J connectivity index is 3.34. The van der Waals surface area contributed by atoms with Gasteiger partial charge < -0.3 is 32.0 Å². The molecule has 8 heteroatoms. The van der Waals surface area contributed by atoms with Crippen LogP contribution in [0.25, 0.3) is 0 Å². The highest BCUT2D eigenvalue weighted by Crippen LogP contribution is 2.22. The average Bonchev–Trinajstić information content (AvgIpc) is 1.96. The minimum Gasteiger partial charge on any atom is -0.314 e. The van der Waals surface area contributed by atoms with E-state index in [1.165, 1.54) is 0 Å². The second kappa shape index (κ2) is 6.50. The Kier molecular flexibility index (Phi) is 6.49. The first-order chi connectivity index (χ1) is 5.52. The third-order valence-corrected chi connectivity index (χ3v) is 1.59. The smallest absolute Gasteiger partial charge is 0.314 e. The van der Waals surface area contributed by atoms with Gasteiger partial charge in [0.15, 0.2) is 0 Å². The number of rotatable bonds is 6. The van der Waals surface area contributed by atoms with Gasteiger partial charge >= 0.3 is 8.25 Å². The highest BCUT2D eigenvalue weighted by Gasteiger charge is 2.03. The predicted molar refractivity (Wildman–Crippen MR) is 45.2 cm³/mol. The van der Waals surface area contributed by atoms with Crippen LogP contribution >= 0.6 is 8.25 Å². The number of hydrogen-bond acceptors (Lipinski definition) is 7. The molecular weight excluding hydrogens is 183 g/mol. The standard InChI is InChI=1S/C4H15N4O3P/c5-3(6)1-10-12(9)11-2-4(7)8/h3-4,12H,1-2,5-8H2. The van der Waals surface area contributed by atoms with Crippen LogP contribution in [0.5, 0.6) is 0 Å². The largest absolute Gasteiger partial charge is 0.319 e. The normalized spacial score (nSPS) is 11.9. The van der Waals surface area contributed by atoms with E-state index in [1.54, 1.807) is 0 Å². The first-order valence-corrected chi connectivity index (χ1v) is 4.56. The van der Waals surface area contributed by atoms with Gasteiger partial charge in [0, 0.05) is 0 Å². The fourth-order valence-corrected chi connectivity index (χ4v) is 1.11. The molecule has 0 spiro atoms. The Bertz CT molecular complexity index is 128. The number of hydrogen-bond donors (Lipinski definition) is 4. The molecule has 0 fully saturated rings. The van der Waals surface area contributed by atoms with E-state index in [9.17, 15) is 4.57 Å². The average molecular weight is 198 g/mol. The molecule has 0 aromatic carbocycles. The summed E-state index contributed by atoms with van der Waals surface area (Å²) in [6.07, 6.45) is -1.32. The van der Waals surface area contributed by atoms with Crippen molar-refractivity contribution in [2.24, 2.45) is 22.9 Å². The fraction of sp³-hybridized carbons (Fsp3) is 1.00. The highest BCUT2D eigenvalue weighted by atomic mass is 31.1. The quantitative estimate of drug-likeness (QED) is 0.283. The maximum atomic E-state index is 10.8. The van der Waals surface area contributed by atoms with E-state index in [4.69, 9.17) is 22.9 Å². The summed E-state index contributed by atoms with van der Waals surface area (Å²) in [4.78, 5) is 0. The van der Waals surface area contributed by atoms with Crippen molar-refractivity contribution in [3.63, 3.8) is 0 Å². The van der Waals surface area contributed by atoms with Crippen LogP contribution in [0.1, 0.15) is 0 Å². The molecule has 0 aliphatic carbocycles. The van der Waals surface area contributed by atoms with Crippen molar-refractivity contribution in [3.8, 4) is 0 Å². The van der Waals surface area contributed by atoms with Crippen molar-refractivity contribution in [2.45, 2.75) is 12.3 Å². The Morgan fingerprint density at radius 3 is 1.58 bits per heavy atom. The van der Waals surface area contributed by atoms with E-state index >= 15 is 0 Å². The van der Waals surface area contributed by atoms with Gasteiger partial charge in [-0.25, -0.2) is 0 Å². The van der Waals surface area contributed by atoms with E-state index in [-0.39, 0.29) is 13.2 Å². The summed E-state index contributed by atoms with van der Waals surface area (Å²) in [5, 5.41) is 0. The van der Waals surface area contributed by atoms with Crippen LogP contribution < -0.4 is 22.9 Å². The van der Waals surface area contributed by atoms with Crippen LogP contribution in [0.3, 0.4) is 0 Å².